The number of fused-ring (bicyclic) bond motifs is 3. The van der Waals surface area contributed by atoms with E-state index in [2.05, 4.69) is 22.5 Å². The Labute approximate surface area is 124 Å². The monoisotopic (exact) mass is 289 g/mol. The van der Waals surface area contributed by atoms with Crippen LogP contribution in [0.4, 0.5) is 5.95 Å². The smallest absolute Gasteiger partial charge is 0.201 e. The Kier molecular flexibility index (Phi) is 2.75. The SMILES string of the molecule is CC(C1CC2CCC1C2)n1c(N)nc2c(Cl)cccc21. The molecule has 2 aromatic rings. The maximum absolute atomic E-state index is 6.24. The molecule has 4 rings (SSSR count). The van der Waals surface area contributed by atoms with Crippen LogP contribution in [0.2, 0.25) is 5.02 Å². The molecule has 2 aliphatic rings. The van der Waals surface area contributed by atoms with Gasteiger partial charge in [-0.25, -0.2) is 4.98 Å². The molecule has 1 heterocycles. The van der Waals surface area contributed by atoms with Gasteiger partial charge in [-0.15, -0.1) is 0 Å². The molecule has 2 saturated carbocycles. The first-order chi connectivity index (χ1) is 9.65. The average molecular weight is 290 g/mol. The highest BCUT2D eigenvalue weighted by molar-refractivity contribution is 6.35. The van der Waals surface area contributed by atoms with Gasteiger partial charge < -0.3 is 10.3 Å². The van der Waals surface area contributed by atoms with Crippen molar-refractivity contribution in [1.82, 2.24) is 9.55 Å². The number of nitrogens with two attached hydrogens (primary N) is 1. The van der Waals surface area contributed by atoms with Crippen LogP contribution < -0.4 is 5.73 Å². The Morgan fingerprint density at radius 1 is 1.35 bits per heavy atom. The zero-order chi connectivity index (χ0) is 13.9. The highest BCUT2D eigenvalue weighted by atomic mass is 35.5. The van der Waals surface area contributed by atoms with Crippen molar-refractivity contribution in [3.8, 4) is 0 Å². The second kappa shape index (κ2) is 4.39. The summed E-state index contributed by atoms with van der Waals surface area (Å²) in [6.07, 6.45) is 5.60. The van der Waals surface area contributed by atoms with Gasteiger partial charge in [-0.3, -0.25) is 0 Å². The first-order valence-corrected chi connectivity index (χ1v) is 7.95. The van der Waals surface area contributed by atoms with E-state index in [0.717, 1.165) is 28.8 Å². The quantitative estimate of drug-likeness (QED) is 0.897. The lowest BCUT2D eigenvalue weighted by Crippen LogP contribution is -2.23. The van der Waals surface area contributed by atoms with Crippen LogP contribution in [-0.2, 0) is 0 Å². The maximum Gasteiger partial charge on any atom is 0.201 e. The first kappa shape index (κ1) is 12.5. The van der Waals surface area contributed by atoms with E-state index in [1.807, 2.05) is 12.1 Å². The first-order valence-electron chi connectivity index (χ1n) is 7.57. The summed E-state index contributed by atoms with van der Waals surface area (Å²) >= 11 is 6.24. The Bertz CT molecular complexity index is 663. The molecule has 106 valence electrons. The fraction of sp³-hybridized carbons (Fsp3) is 0.562. The predicted molar refractivity (Wildman–Crippen MR) is 82.8 cm³/mol. The van der Waals surface area contributed by atoms with Crippen LogP contribution in [0, 0.1) is 17.8 Å². The van der Waals surface area contributed by atoms with Crippen LogP contribution in [0.1, 0.15) is 38.6 Å². The average Bonchev–Trinajstić information content (AvgIpc) is 3.11. The fourth-order valence-electron chi connectivity index (χ4n) is 4.61. The normalized spacial score (nSPS) is 30.2. The zero-order valence-corrected chi connectivity index (χ0v) is 12.5. The molecule has 4 heteroatoms. The number of hydrogen-bond donors (Lipinski definition) is 1. The predicted octanol–water partition coefficient (Wildman–Crippen LogP) is 4.27. The molecule has 2 bridgehead atoms. The molecule has 2 aliphatic carbocycles. The summed E-state index contributed by atoms with van der Waals surface area (Å²) in [5, 5.41) is 0.688. The van der Waals surface area contributed by atoms with Crippen LogP contribution in [0.5, 0.6) is 0 Å². The highest BCUT2D eigenvalue weighted by Gasteiger charge is 2.42. The largest absolute Gasteiger partial charge is 0.369 e. The van der Waals surface area contributed by atoms with E-state index >= 15 is 0 Å². The number of nitrogens with zero attached hydrogens (tertiary/aromatic N) is 2. The second-order valence-corrected chi connectivity index (χ2v) is 6.93. The molecule has 0 spiro atoms. The molecule has 1 aromatic carbocycles. The molecule has 3 nitrogen and oxygen atoms in total. The minimum atomic E-state index is 0.411. The fourth-order valence-corrected chi connectivity index (χ4v) is 4.82. The van der Waals surface area contributed by atoms with Crippen molar-refractivity contribution >= 4 is 28.6 Å². The lowest BCUT2D eigenvalue weighted by Gasteiger charge is -2.29. The van der Waals surface area contributed by atoms with Gasteiger partial charge in [-0.05, 0) is 56.1 Å². The van der Waals surface area contributed by atoms with E-state index in [1.165, 1.54) is 25.7 Å². The summed E-state index contributed by atoms with van der Waals surface area (Å²) in [6, 6.07) is 6.35. The molecule has 0 radical (unpaired) electrons. The second-order valence-electron chi connectivity index (χ2n) is 6.53. The molecule has 2 fully saturated rings. The minimum absolute atomic E-state index is 0.411. The third kappa shape index (κ3) is 1.69. The Balaban J connectivity index is 1.78. The van der Waals surface area contributed by atoms with E-state index in [1.54, 1.807) is 0 Å². The van der Waals surface area contributed by atoms with Crippen molar-refractivity contribution in [2.75, 3.05) is 5.73 Å². The van der Waals surface area contributed by atoms with Crippen molar-refractivity contribution < 1.29 is 0 Å². The van der Waals surface area contributed by atoms with Crippen LogP contribution in [0.15, 0.2) is 18.2 Å². The van der Waals surface area contributed by atoms with Gasteiger partial charge in [-0.1, -0.05) is 24.1 Å². The molecule has 1 aromatic heterocycles. The molecule has 20 heavy (non-hydrogen) atoms. The summed E-state index contributed by atoms with van der Waals surface area (Å²) in [7, 11) is 0. The summed E-state index contributed by atoms with van der Waals surface area (Å²) < 4.78 is 2.20. The van der Waals surface area contributed by atoms with Crippen LogP contribution in [0.25, 0.3) is 11.0 Å². The van der Waals surface area contributed by atoms with Crippen LogP contribution in [0.3, 0.4) is 0 Å². The molecule has 0 amide bonds. The van der Waals surface area contributed by atoms with Crippen molar-refractivity contribution in [2.24, 2.45) is 17.8 Å². The van der Waals surface area contributed by atoms with E-state index in [0.29, 0.717) is 17.0 Å². The molecular formula is C16H20ClN3. The topological polar surface area (TPSA) is 43.8 Å². The van der Waals surface area contributed by atoms with Gasteiger partial charge in [0.15, 0.2) is 0 Å². The number of rotatable bonds is 2. The van der Waals surface area contributed by atoms with Gasteiger partial charge in [0, 0.05) is 6.04 Å². The van der Waals surface area contributed by atoms with E-state index in [-0.39, 0.29) is 0 Å². The Hall–Kier alpha value is -1.22. The van der Waals surface area contributed by atoms with E-state index in [4.69, 9.17) is 17.3 Å². The molecule has 4 unspecified atom stereocenters. The standard InChI is InChI=1S/C16H20ClN3/c1-9(12-8-10-5-6-11(12)7-10)20-14-4-2-3-13(17)15(14)19-16(20)18/h2-4,9-12H,5-8H2,1H3,(H2,18,19). The van der Waals surface area contributed by atoms with Crippen molar-refractivity contribution in [3.05, 3.63) is 23.2 Å². The van der Waals surface area contributed by atoms with Crippen molar-refractivity contribution in [2.45, 2.75) is 38.6 Å². The number of imidazole rings is 1. The molecular weight excluding hydrogens is 270 g/mol. The van der Waals surface area contributed by atoms with Crippen LogP contribution in [-0.4, -0.2) is 9.55 Å². The molecule has 0 saturated heterocycles. The zero-order valence-electron chi connectivity index (χ0n) is 11.7. The highest BCUT2D eigenvalue weighted by Crippen LogP contribution is 2.52. The lowest BCUT2D eigenvalue weighted by molar-refractivity contribution is 0.248. The van der Waals surface area contributed by atoms with Crippen LogP contribution >= 0.6 is 11.6 Å². The van der Waals surface area contributed by atoms with E-state index in [9.17, 15) is 0 Å². The summed E-state index contributed by atoms with van der Waals surface area (Å²) in [6.45, 7) is 2.30. The number of benzene rings is 1. The van der Waals surface area contributed by atoms with Crippen molar-refractivity contribution in [1.29, 1.82) is 0 Å². The maximum atomic E-state index is 6.24. The lowest BCUT2D eigenvalue weighted by atomic mass is 9.84. The summed E-state index contributed by atoms with van der Waals surface area (Å²) in [5.41, 5.74) is 8.09. The van der Waals surface area contributed by atoms with Gasteiger partial charge >= 0.3 is 0 Å². The third-order valence-corrected chi connectivity index (χ3v) is 5.82. The van der Waals surface area contributed by atoms with Gasteiger partial charge in [-0.2, -0.15) is 0 Å². The number of aromatic nitrogens is 2. The summed E-state index contributed by atoms with van der Waals surface area (Å²) in [5.74, 6) is 3.17. The molecule has 2 N–H and O–H groups in total. The number of anilines is 1. The molecule has 0 aliphatic heterocycles. The molecule has 4 atom stereocenters. The Morgan fingerprint density at radius 3 is 2.90 bits per heavy atom. The minimum Gasteiger partial charge on any atom is -0.369 e. The number of halogens is 1. The Morgan fingerprint density at radius 2 is 2.20 bits per heavy atom. The van der Waals surface area contributed by atoms with Gasteiger partial charge in [0.05, 0.1) is 10.5 Å². The third-order valence-electron chi connectivity index (χ3n) is 5.52. The summed E-state index contributed by atoms with van der Waals surface area (Å²) in [4.78, 5) is 4.48. The number of para-hydroxylation sites is 1. The number of nitrogen functional groups attached to an aromatic ring is 1. The van der Waals surface area contributed by atoms with Gasteiger partial charge in [0.2, 0.25) is 5.95 Å². The van der Waals surface area contributed by atoms with E-state index < -0.39 is 0 Å². The van der Waals surface area contributed by atoms with Gasteiger partial charge in [0.25, 0.3) is 0 Å². The number of hydrogen-bond acceptors (Lipinski definition) is 2. The van der Waals surface area contributed by atoms with Crippen molar-refractivity contribution in [3.63, 3.8) is 0 Å². The van der Waals surface area contributed by atoms with Gasteiger partial charge in [0.1, 0.15) is 5.52 Å².